The Morgan fingerprint density at radius 3 is 2.52 bits per heavy atom. The van der Waals surface area contributed by atoms with Crippen LogP contribution in [0.1, 0.15) is 24.3 Å². The molecule has 0 atom stereocenters. The topological polar surface area (TPSA) is 42.0 Å². The van der Waals surface area contributed by atoms with E-state index in [4.69, 9.17) is 11.6 Å². The van der Waals surface area contributed by atoms with Crippen LogP contribution in [0.3, 0.4) is 0 Å². The lowest BCUT2D eigenvalue weighted by Gasteiger charge is -2.12. The second-order valence-corrected chi connectivity index (χ2v) is 6.09. The van der Waals surface area contributed by atoms with Gasteiger partial charge >= 0.3 is 0 Å². The summed E-state index contributed by atoms with van der Waals surface area (Å²) in [4.78, 5) is 16.9. The van der Waals surface area contributed by atoms with Gasteiger partial charge in [-0.25, -0.2) is 4.98 Å². The summed E-state index contributed by atoms with van der Waals surface area (Å²) in [5.74, 6) is -0.181. The van der Waals surface area contributed by atoms with Crippen molar-refractivity contribution in [1.82, 2.24) is 10.3 Å². The largest absolute Gasteiger partial charge is 0.349 e. The van der Waals surface area contributed by atoms with Crippen LogP contribution in [0.15, 0.2) is 54.6 Å². The average Bonchev–Trinajstić information content (AvgIpc) is 2.54. The Kier molecular flexibility index (Phi) is 4.30. The van der Waals surface area contributed by atoms with Crippen molar-refractivity contribution in [3.8, 4) is 11.3 Å². The Labute approximate surface area is 140 Å². The number of hydrogen-bond donors (Lipinski definition) is 1. The van der Waals surface area contributed by atoms with Gasteiger partial charge in [-0.05, 0) is 31.4 Å². The van der Waals surface area contributed by atoms with E-state index in [9.17, 15) is 4.79 Å². The Bertz CT molecular complexity index is 874. The average molecular weight is 325 g/mol. The van der Waals surface area contributed by atoms with Crippen LogP contribution < -0.4 is 5.32 Å². The summed E-state index contributed by atoms with van der Waals surface area (Å²) in [6, 6.07) is 17.3. The molecule has 3 rings (SSSR count). The molecule has 0 saturated heterocycles. The van der Waals surface area contributed by atoms with Gasteiger partial charge in [0, 0.05) is 22.0 Å². The number of amides is 1. The zero-order valence-electron chi connectivity index (χ0n) is 13.0. The van der Waals surface area contributed by atoms with Gasteiger partial charge in [0.15, 0.2) is 0 Å². The molecule has 0 aliphatic heterocycles. The van der Waals surface area contributed by atoms with Gasteiger partial charge < -0.3 is 5.32 Å². The van der Waals surface area contributed by atoms with Crippen LogP contribution in [0.5, 0.6) is 0 Å². The van der Waals surface area contributed by atoms with E-state index in [1.165, 1.54) is 0 Å². The molecular formula is C19H17ClN2O. The number of benzene rings is 2. The minimum absolute atomic E-state index is 0.0551. The summed E-state index contributed by atoms with van der Waals surface area (Å²) in [6.07, 6.45) is 0. The van der Waals surface area contributed by atoms with Crippen molar-refractivity contribution >= 4 is 28.3 Å². The number of hydrogen-bond acceptors (Lipinski definition) is 2. The number of pyridine rings is 1. The van der Waals surface area contributed by atoms with E-state index in [2.05, 4.69) is 10.3 Å². The van der Waals surface area contributed by atoms with E-state index >= 15 is 0 Å². The third kappa shape index (κ3) is 3.20. The second-order valence-electron chi connectivity index (χ2n) is 5.69. The zero-order chi connectivity index (χ0) is 16.4. The summed E-state index contributed by atoms with van der Waals surface area (Å²) in [5.41, 5.74) is 1.94. The van der Waals surface area contributed by atoms with Gasteiger partial charge in [0.1, 0.15) is 5.69 Å². The first-order chi connectivity index (χ1) is 11.1. The first-order valence-corrected chi connectivity index (χ1v) is 7.89. The molecule has 4 heteroatoms. The third-order valence-electron chi connectivity index (χ3n) is 3.52. The van der Waals surface area contributed by atoms with Crippen molar-refractivity contribution in [3.05, 3.63) is 65.3 Å². The lowest BCUT2D eigenvalue weighted by atomic mass is 10.0. The fourth-order valence-electron chi connectivity index (χ4n) is 2.51. The highest BCUT2D eigenvalue weighted by atomic mass is 35.5. The first-order valence-electron chi connectivity index (χ1n) is 7.52. The molecule has 1 N–H and O–H groups in total. The fraction of sp³-hybridized carbons (Fsp3) is 0.158. The standard InChI is InChI=1S/C19H17ClN2O/c1-12(2)21-19(23)17-11-13-7-3-4-8-14(13)18(22-17)15-9-5-6-10-16(15)20/h3-12H,1-2H3,(H,21,23). The zero-order valence-corrected chi connectivity index (χ0v) is 13.8. The van der Waals surface area contributed by atoms with Crippen LogP contribution >= 0.6 is 11.6 Å². The first kappa shape index (κ1) is 15.5. The molecule has 0 bridgehead atoms. The monoisotopic (exact) mass is 324 g/mol. The van der Waals surface area contributed by atoms with Crippen molar-refractivity contribution in [2.75, 3.05) is 0 Å². The number of carbonyl (C=O) groups is 1. The predicted octanol–water partition coefficient (Wildman–Crippen LogP) is 4.69. The third-order valence-corrected chi connectivity index (χ3v) is 3.85. The summed E-state index contributed by atoms with van der Waals surface area (Å²) in [5, 5.41) is 5.44. The molecule has 23 heavy (non-hydrogen) atoms. The van der Waals surface area contributed by atoms with E-state index in [1.807, 2.05) is 68.4 Å². The minimum Gasteiger partial charge on any atom is -0.349 e. The predicted molar refractivity (Wildman–Crippen MR) is 94.8 cm³/mol. The lowest BCUT2D eigenvalue weighted by molar-refractivity contribution is 0.0938. The van der Waals surface area contributed by atoms with Crippen molar-refractivity contribution in [3.63, 3.8) is 0 Å². The Hall–Kier alpha value is -2.39. The summed E-state index contributed by atoms with van der Waals surface area (Å²) < 4.78 is 0. The van der Waals surface area contributed by atoms with Crippen molar-refractivity contribution < 1.29 is 4.79 Å². The van der Waals surface area contributed by atoms with Gasteiger partial charge in [-0.1, -0.05) is 54.1 Å². The number of rotatable bonds is 3. The molecular weight excluding hydrogens is 308 g/mol. The van der Waals surface area contributed by atoms with Crippen LogP contribution in [0, 0.1) is 0 Å². The van der Waals surface area contributed by atoms with Gasteiger partial charge in [-0.3, -0.25) is 4.79 Å². The molecule has 0 fully saturated rings. The van der Waals surface area contributed by atoms with Gasteiger partial charge in [0.2, 0.25) is 0 Å². The molecule has 116 valence electrons. The van der Waals surface area contributed by atoms with Gasteiger partial charge in [-0.2, -0.15) is 0 Å². The number of fused-ring (bicyclic) bond motifs is 1. The van der Waals surface area contributed by atoms with E-state index in [-0.39, 0.29) is 11.9 Å². The fourth-order valence-corrected chi connectivity index (χ4v) is 2.74. The molecule has 1 heterocycles. The van der Waals surface area contributed by atoms with Gasteiger partial charge in [0.25, 0.3) is 5.91 Å². The lowest BCUT2D eigenvalue weighted by Crippen LogP contribution is -2.30. The molecule has 0 radical (unpaired) electrons. The molecule has 0 unspecified atom stereocenters. The molecule has 0 aliphatic carbocycles. The second kappa shape index (κ2) is 6.39. The summed E-state index contributed by atoms with van der Waals surface area (Å²) >= 11 is 6.33. The SMILES string of the molecule is CC(C)NC(=O)c1cc2ccccc2c(-c2ccccc2Cl)n1. The number of aromatic nitrogens is 1. The number of carbonyl (C=O) groups excluding carboxylic acids is 1. The Balaban J connectivity index is 2.23. The van der Waals surface area contributed by atoms with Crippen LogP contribution in [-0.4, -0.2) is 16.9 Å². The molecule has 1 aromatic heterocycles. The summed E-state index contributed by atoms with van der Waals surface area (Å²) in [6.45, 7) is 3.85. The number of halogens is 1. The van der Waals surface area contributed by atoms with Crippen molar-refractivity contribution in [2.45, 2.75) is 19.9 Å². The maximum absolute atomic E-state index is 12.4. The van der Waals surface area contributed by atoms with E-state index < -0.39 is 0 Å². The van der Waals surface area contributed by atoms with Crippen LogP contribution in [0.4, 0.5) is 0 Å². The number of nitrogens with one attached hydrogen (secondary N) is 1. The van der Waals surface area contributed by atoms with E-state index in [0.717, 1.165) is 22.0 Å². The van der Waals surface area contributed by atoms with Gasteiger partial charge in [-0.15, -0.1) is 0 Å². The highest BCUT2D eigenvalue weighted by molar-refractivity contribution is 6.33. The summed E-state index contributed by atoms with van der Waals surface area (Å²) in [7, 11) is 0. The molecule has 1 amide bonds. The Morgan fingerprint density at radius 2 is 1.78 bits per heavy atom. The molecule has 3 nitrogen and oxygen atoms in total. The van der Waals surface area contributed by atoms with Crippen molar-refractivity contribution in [1.29, 1.82) is 0 Å². The maximum atomic E-state index is 12.4. The van der Waals surface area contributed by atoms with Crippen LogP contribution in [0.2, 0.25) is 5.02 Å². The highest BCUT2D eigenvalue weighted by Gasteiger charge is 2.15. The van der Waals surface area contributed by atoms with Crippen LogP contribution in [-0.2, 0) is 0 Å². The minimum atomic E-state index is -0.181. The molecule has 0 aliphatic rings. The van der Waals surface area contributed by atoms with Gasteiger partial charge in [0.05, 0.1) is 5.69 Å². The molecule has 0 spiro atoms. The molecule has 3 aromatic rings. The van der Waals surface area contributed by atoms with E-state index in [1.54, 1.807) is 0 Å². The highest BCUT2D eigenvalue weighted by Crippen LogP contribution is 2.32. The Morgan fingerprint density at radius 1 is 1.09 bits per heavy atom. The number of nitrogens with zero attached hydrogens (tertiary/aromatic N) is 1. The van der Waals surface area contributed by atoms with E-state index in [0.29, 0.717) is 10.7 Å². The smallest absolute Gasteiger partial charge is 0.270 e. The van der Waals surface area contributed by atoms with Crippen molar-refractivity contribution in [2.24, 2.45) is 0 Å². The molecule has 2 aromatic carbocycles. The molecule has 0 saturated carbocycles. The quantitative estimate of drug-likeness (QED) is 0.759. The maximum Gasteiger partial charge on any atom is 0.270 e. The van der Waals surface area contributed by atoms with Crippen LogP contribution in [0.25, 0.3) is 22.0 Å². The normalized spacial score (nSPS) is 11.0.